The molecule has 1 heterocycles. The number of rotatable bonds is 5. The van der Waals surface area contributed by atoms with E-state index in [1.54, 1.807) is 0 Å². The van der Waals surface area contributed by atoms with Gasteiger partial charge < -0.3 is 5.32 Å². The van der Waals surface area contributed by atoms with Crippen molar-refractivity contribution in [2.45, 2.75) is 38.6 Å². The minimum Gasteiger partial charge on any atom is -0.312 e. The monoisotopic (exact) mass is 281 g/mol. The Labute approximate surface area is 115 Å². The van der Waals surface area contributed by atoms with Crippen LogP contribution in [-0.2, 0) is 6.54 Å². The molecule has 102 valence electrons. The second-order valence-corrected chi connectivity index (χ2v) is 6.26. The number of hydrogen-bond acceptors (Lipinski definition) is 2. The smallest absolute Gasteiger partial charge is 0.143 e. The van der Waals surface area contributed by atoms with E-state index >= 15 is 0 Å². The molecule has 0 atom stereocenters. The van der Waals surface area contributed by atoms with Gasteiger partial charge in [0.1, 0.15) is 11.6 Å². The average Bonchev–Trinajstić information content (AvgIpc) is 3.12. The maximum Gasteiger partial charge on any atom is 0.143 e. The van der Waals surface area contributed by atoms with E-state index in [2.05, 4.69) is 12.2 Å². The Balaban J connectivity index is 2.05. The highest BCUT2D eigenvalue weighted by molar-refractivity contribution is 7.19. The number of thiophene rings is 1. The molecule has 1 aliphatic rings. The normalized spacial score (nSPS) is 15.3. The Hall–Kier alpha value is -1.00. The lowest BCUT2D eigenvalue weighted by Gasteiger charge is -2.04. The Bertz CT molecular complexity index is 602. The van der Waals surface area contributed by atoms with Gasteiger partial charge in [-0.25, -0.2) is 8.78 Å². The predicted molar refractivity (Wildman–Crippen MR) is 75.7 cm³/mol. The molecule has 0 aliphatic heterocycles. The Kier molecular flexibility index (Phi) is 3.54. The van der Waals surface area contributed by atoms with Gasteiger partial charge in [-0.05, 0) is 43.4 Å². The van der Waals surface area contributed by atoms with Crippen molar-refractivity contribution in [1.82, 2.24) is 5.32 Å². The number of fused-ring (bicyclic) bond motifs is 1. The van der Waals surface area contributed by atoms with Crippen LogP contribution >= 0.6 is 11.3 Å². The quantitative estimate of drug-likeness (QED) is 0.792. The fraction of sp³-hybridized carbons (Fsp3) is 0.467. The first-order chi connectivity index (χ1) is 9.20. The number of hydrogen-bond donors (Lipinski definition) is 1. The second-order valence-electron chi connectivity index (χ2n) is 5.15. The summed E-state index contributed by atoms with van der Waals surface area (Å²) in [6.07, 6.45) is 3.36. The summed E-state index contributed by atoms with van der Waals surface area (Å²) in [4.78, 5) is 1.18. The SMILES string of the molecule is CCCNCc1sc2c(F)cc(F)cc2c1C1CC1. The predicted octanol–water partition coefficient (Wildman–Crippen LogP) is 4.56. The molecule has 0 unspecified atom stereocenters. The molecule has 0 bridgehead atoms. The van der Waals surface area contributed by atoms with Crippen LogP contribution in [-0.4, -0.2) is 6.54 Å². The molecule has 4 heteroatoms. The van der Waals surface area contributed by atoms with Gasteiger partial charge in [-0.1, -0.05) is 6.92 Å². The molecule has 1 aliphatic carbocycles. The number of nitrogens with one attached hydrogen (secondary N) is 1. The van der Waals surface area contributed by atoms with E-state index < -0.39 is 11.6 Å². The zero-order valence-corrected chi connectivity index (χ0v) is 11.7. The minimum atomic E-state index is -0.474. The van der Waals surface area contributed by atoms with Crippen LogP contribution < -0.4 is 5.32 Å². The van der Waals surface area contributed by atoms with Crippen LogP contribution in [0, 0.1) is 11.6 Å². The molecule has 1 nitrogen and oxygen atoms in total. The molecule has 0 radical (unpaired) electrons. The Morgan fingerprint density at radius 3 is 2.79 bits per heavy atom. The fourth-order valence-electron chi connectivity index (χ4n) is 2.52. The Morgan fingerprint density at radius 1 is 1.32 bits per heavy atom. The highest BCUT2D eigenvalue weighted by Gasteiger charge is 2.30. The largest absolute Gasteiger partial charge is 0.312 e. The van der Waals surface area contributed by atoms with Crippen LogP contribution in [0.2, 0.25) is 0 Å². The highest BCUT2D eigenvalue weighted by Crippen LogP contribution is 2.48. The fourth-order valence-corrected chi connectivity index (χ4v) is 3.76. The molecular weight excluding hydrogens is 264 g/mol. The van der Waals surface area contributed by atoms with Crippen molar-refractivity contribution in [2.24, 2.45) is 0 Å². The highest BCUT2D eigenvalue weighted by atomic mass is 32.1. The second kappa shape index (κ2) is 5.17. The molecule has 0 spiro atoms. The summed E-state index contributed by atoms with van der Waals surface area (Å²) < 4.78 is 27.9. The Morgan fingerprint density at radius 2 is 2.11 bits per heavy atom. The summed E-state index contributed by atoms with van der Waals surface area (Å²) in [5.41, 5.74) is 1.18. The molecule has 1 N–H and O–H groups in total. The van der Waals surface area contributed by atoms with Crippen LogP contribution in [0.1, 0.15) is 42.5 Å². The van der Waals surface area contributed by atoms with Gasteiger partial charge >= 0.3 is 0 Å². The first kappa shape index (κ1) is 13.0. The van der Waals surface area contributed by atoms with E-state index in [4.69, 9.17) is 0 Å². The maximum atomic E-state index is 13.9. The summed E-state index contributed by atoms with van der Waals surface area (Å²) in [6.45, 7) is 3.84. The third-order valence-electron chi connectivity index (χ3n) is 3.52. The van der Waals surface area contributed by atoms with Gasteiger partial charge in [0.2, 0.25) is 0 Å². The molecule has 1 aromatic carbocycles. The van der Waals surface area contributed by atoms with Gasteiger partial charge in [-0.15, -0.1) is 11.3 Å². The molecule has 0 saturated heterocycles. The average molecular weight is 281 g/mol. The van der Waals surface area contributed by atoms with Gasteiger partial charge in [-0.2, -0.15) is 0 Å². The van der Waals surface area contributed by atoms with Gasteiger partial charge in [0.05, 0.1) is 4.70 Å². The number of halogens is 2. The van der Waals surface area contributed by atoms with Gasteiger partial charge in [0.15, 0.2) is 0 Å². The molecule has 3 rings (SSSR count). The first-order valence-corrected chi connectivity index (χ1v) is 7.63. The molecular formula is C15H17F2NS. The zero-order valence-electron chi connectivity index (χ0n) is 10.9. The minimum absolute atomic E-state index is 0.427. The van der Waals surface area contributed by atoms with Gasteiger partial charge in [0.25, 0.3) is 0 Å². The van der Waals surface area contributed by atoms with Crippen molar-refractivity contribution >= 4 is 21.4 Å². The summed E-state index contributed by atoms with van der Waals surface area (Å²) in [6, 6.07) is 2.48. The van der Waals surface area contributed by atoms with Crippen LogP contribution in [0.25, 0.3) is 10.1 Å². The van der Waals surface area contributed by atoms with E-state index in [0.717, 1.165) is 43.8 Å². The molecule has 2 aromatic rings. The van der Waals surface area contributed by atoms with E-state index in [1.165, 1.54) is 27.8 Å². The molecule has 19 heavy (non-hydrogen) atoms. The zero-order chi connectivity index (χ0) is 13.4. The van der Waals surface area contributed by atoms with Crippen molar-refractivity contribution in [1.29, 1.82) is 0 Å². The lowest BCUT2D eigenvalue weighted by atomic mass is 10.1. The standard InChI is InChI=1S/C15H17F2NS/c1-2-5-18-8-13-14(9-3-4-9)11-6-10(16)7-12(17)15(11)19-13/h6-7,9,18H,2-5,8H2,1H3. The van der Waals surface area contributed by atoms with E-state index in [-0.39, 0.29) is 0 Å². The number of benzene rings is 1. The van der Waals surface area contributed by atoms with Crippen molar-refractivity contribution in [3.8, 4) is 0 Å². The lowest BCUT2D eigenvalue weighted by Crippen LogP contribution is -2.13. The molecule has 1 fully saturated rings. The third-order valence-corrected chi connectivity index (χ3v) is 4.75. The summed E-state index contributed by atoms with van der Waals surface area (Å²) in [5, 5.41) is 4.15. The van der Waals surface area contributed by atoms with E-state index in [0.29, 0.717) is 10.6 Å². The van der Waals surface area contributed by atoms with E-state index in [1.807, 2.05) is 0 Å². The van der Waals surface area contributed by atoms with Crippen molar-refractivity contribution in [3.63, 3.8) is 0 Å². The van der Waals surface area contributed by atoms with Crippen LogP contribution in [0.3, 0.4) is 0 Å². The molecule has 1 aromatic heterocycles. The first-order valence-electron chi connectivity index (χ1n) is 6.81. The summed E-state index contributed by atoms with van der Waals surface area (Å²) >= 11 is 1.47. The van der Waals surface area contributed by atoms with Crippen LogP contribution in [0.15, 0.2) is 12.1 Å². The summed E-state index contributed by atoms with van der Waals surface area (Å²) in [5.74, 6) is -0.394. The van der Waals surface area contributed by atoms with E-state index in [9.17, 15) is 8.78 Å². The van der Waals surface area contributed by atoms with Gasteiger partial charge in [0, 0.05) is 22.9 Å². The van der Waals surface area contributed by atoms with Crippen LogP contribution in [0.4, 0.5) is 8.78 Å². The lowest BCUT2D eigenvalue weighted by molar-refractivity contribution is 0.593. The van der Waals surface area contributed by atoms with Crippen molar-refractivity contribution in [3.05, 3.63) is 34.2 Å². The molecule has 1 saturated carbocycles. The molecule has 0 amide bonds. The third kappa shape index (κ3) is 2.51. The topological polar surface area (TPSA) is 12.0 Å². The maximum absolute atomic E-state index is 13.9. The van der Waals surface area contributed by atoms with Crippen LogP contribution in [0.5, 0.6) is 0 Å². The summed E-state index contributed by atoms with van der Waals surface area (Å²) in [7, 11) is 0. The van der Waals surface area contributed by atoms with Gasteiger partial charge in [-0.3, -0.25) is 0 Å². The van der Waals surface area contributed by atoms with Crippen molar-refractivity contribution in [2.75, 3.05) is 6.54 Å². The van der Waals surface area contributed by atoms with Crippen molar-refractivity contribution < 1.29 is 8.78 Å².